The van der Waals surface area contributed by atoms with Gasteiger partial charge in [-0.2, -0.15) is 0 Å². The lowest BCUT2D eigenvalue weighted by Crippen LogP contribution is -2.12. The smallest absolute Gasteiger partial charge is 0.338 e. The third kappa shape index (κ3) is 3.31. The Morgan fingerprint density at radius 1 is 1.32 bits per heavy atom. The maximum absolute atomic E-state index is 11.6. The summed E-state index contributed by atoms with van der Waals surface area (Å²) in [6.45, 7) is 0.265. The summed E-state index contributed by atoms with van der Waals surface area (Å²) in [7, 11) is 0. The van der Waals surface area contributed by atoms with Gasteiger partial charge in [0.1, 0.15) is 6.61 Å². The van der Waals surface area contributed by atoms with E-state index in [9.17, 15) is 14.4 Å². The Morgan fingerprint density at radius 2 is 2.11 bits per heavy atom. The van der Waals surface area contributed by atoms with Crippen LogP contribution in [0.3, 0.4) is 0 Å². The van der Waals surface area contributed by atoms with Gasteiger partial charge in [0.15, 0.2) is 0 Å². The number of esters is 1. The molecule has 19 heavy (non-hydrogen) atoms. The van der Waals surface area contributed by atoms with Crippen molar-refractivity contribution in [3.8, 4) is 0 Å². The quantitative estimate of drug-likeness (QED) is 0.786. The highest BCUT2D eigenvalue weighted by Gasteiger charge is 2.21. The topological polar surface area (TPSA) is 92.7 Å². The monoisotopic (exact) mass is 263 g/mol. The van der Waals surface area contributed by atoms with Crippen LogP contribution in [0.4, 0.5) is 5.69 Å². The highest BCUT2D eigenvalue weighted by Crippen LogP contribution is 2.23. The largest absolute Gasteiger partial charge is 0.481 e. The number of cyclic esters (lactones) is 1. The zero-order valence-corrected chi connectivity index (χ0v) is 10.1. The highest BCUT2D eigenvalue weighted by molar-refractivity contribution is 5.97. The van der Waals surface area contributed by atoms with Gasteiger partial charge in [0.05, 0.1) is 5.56 Å². The summed E-state index contributed by atoms with van der Waals surface area (Å²) >= 11 is 0. The van der Waals surface area contributed by atoms with E-state index in [0.717, 1.165) is 5.56 Å². The molecule has 1 aromatic rings. The van der Waals surface area contributed by atoms with Gasteiger partial charge in [-0.1, -0.05) is 6.07 Å². The summed E-state index contributed by atoms with van der Waals surface area (Å²) in [5.41, 5.74) is 1.77. The molecule has 1 aliphatic rings. The van der Waals surface area contributed by atoms with Gasteiger partial charge in [0, 0.05) is 24.1 Å². The number of fused-ring (bicyclic) bond motifs is 1. The van der Waals surface area contributed by atoms with E-state index in [4.69, 9.17) is 9.84 Å². The van der Waals surface area contributed by atoms with Crippen LogP contribution in [0.15, 0.2) is 18.2 Å². The van der Waals surface area contributed by atoms with Crippen molar-refractivity contribution in [2.75, 3.05) is 5.32 Å². The Bertz CT molecular complexity index is 538. The summed E-state index contributed by atoms with van der Waals surface area (Å²) in [6.07, 6.45) is 0.381. The molecule has 0 bridgehead atoms. The van der Waals surface area contributed by atoms with Crippen molar-refractivity contribution >= 4 is 23.5 Å². The molecule has 2 N–H and O–H groups in total. The number of carboxylic acid groups (broad SMARTS) is 1. The molecule has 6 nitrogen and oxygen atoms in total. The molecule has 2 rings (SSSR count). The summed E-state index contributed by atoms with van der Waals surface area (Å²) in [5.74, 6) is -1.59. The third-order valence-corrected chi connectivity index (χ3v) is 2.77. The van der Waals surface area contributed by atoms with Crippen molar-refractivity contribution in [1.29, 1.82) is 0 Å². The van der Waals surface area contributed by atoms with E-state index >= 15 is 0 Å². The number of ether oxygens (including phenoxy) is 1. The molecule has 0 radical (unpaired) electrons. The van der Waals surface area contributed by atoms with Crippen LogP contribution < -0.4 is 5.32 Å². The number of aliphatic carboxylic acids is 1. The predicted octanol–water partition coefficient (Wildman–Crippen LogP) is 1.55. The summed E-state index contributed by atoms with van der Waals surface area (Å²) in [4.78, 5) is 33.2. The van der Waals surface area contributed by atoms with Crippen molar-refractivity contribution < 1.29 is 24.2 Å². The van der Waals surface area contributed by atoms with Crippen LogP contribution in [0.5, 0.6) is 0 Å². The lowest BCUT2D eigenvalue weighted by atomic mass is 10.1. The molecule has 0 spiro atoms. The predicted molar refractivity (Wildman–Crippen MR) is 65.7 cm³/mol. The molecule has 6 heteroatoms. The molecular formula is C13H13NO5. The normalized spacial score (nSPS) is 12.7. The lowest BCUT2D eigenvalue weighted by molar-refractivity contribution is -0.137. The van der Waals surface area contributed by atoms with E-state index in [1.807, 2.05) is 0 Å². The zero-order valence-electron chi connectivity index (χ0n) is 10.1. The van der Waals surface area contributed by atoms with Crippen LogP contribution in [0.2, 0.25) is 0 Å². The number of amides is 1. The van der Waals surface area contributed by atoms with E-state index in [1.54, 1.807) is 18.2 Å². The SMILES string of the molecule is O=C(O)CCCC(=O)Nc1ccc2c(c1)C(=O)OC2. The van der Waals surface area contributed by atoms with Crippen LogP contribution in [0.25, 0.3) is 0 Å². The van der Waals surface area contributed by atoms with Crippen LogP contribution >= 0.6 is 0 Å². The van der Waals surface area contributed by atoms with Crippen LogP contribution in [-0.2, 0) is 20.9 Å². The Kier molecular flexibility index (Phi) is 3.79. The summed E-state index contributed by atoms with van der Waals surface area (Å²) < 4.78 is 4.86. The van der Waals surface area contributed by atoms with Gasteiger partial charge in [-0.3, -0.25) is 9.59 Å². The van der Waals surface area contributed by atoms with Crippen LogP contribution in [0, 0.1) is 0 Å². The van der Waals surface area contributed by atoms with E-state index in [0.29, 0.717) is 11.3 Å². The highest BCUT2D eigenvalue weighted by atomic mass is 16.5. The standard InChI is InChI=1S/C13H13NO5/c15-11(2-1-3-12(16)17)14-9-5-4-8-7-19-13(18)10(8)6-9/h4-6H,1-3,7H2,(H,14,15)(H,16,17). The molecule has 0 fully saturated rings. The number of hydrogen-bond donors (Lipinski definition) is 2. The van der Waals surface area contributed by atoms with E-state index < -0.39 is 11.9 Å². The van der Waals surface area contributed by atoms with Crippen molar-refractivity contribution in [1.82, 2.24) is 0 Å². The third-order valence-electron chi connectivity index (χ3n) is 2.77. The number of rotatable bonds is 5. The van der Waals surface area contributed by atoms with Crippen molar-refractivity contribution in [3.63, 3.8) is 0 Å². The molecule has 0 saturated carbocycles. The average Bonchev–Trinajstić information content (AvgIpc) is 2.70. The summed E-state index contributed by atoms with van der Waals surface area (Å²) in [5, 5.41) is 11.1. The molecule has 0 saturated heterocycles. The first-order chi connectivity index (χ1) is 9.06. The number of benzene rings is 1. The number of carbonyl (C=O) groups excluding carboxylic acids is 2. The maximum atomic E-state index is 11.6. The molecular weight excluding hydrogens is 250 g/mol. The number of nitrogens with one attached hydrogen (secondary N) is 1. The Morgan fingerprint density at radius 3 is 2.84 bits per heavy atom. The molecule has 1 aliphatic heterocycles. The number of carbonyl (C=O) groups is 3. The minimum absolute atomic E-state index is 0.0378. The molecule has 0 aromatic heterocycles. The fourth-order valence-electron chi connectivity index (χ4n) is 1.81. The van der Waals surface area contributed by atoms with Gasteiger partial charge in [-0.25, -0.2) is 4.79 Å². The zero-order chi connectivity index (χ0) is 13.8. The fourth-order valence-corrected chi connectivity index (χ4v) is 1.81. The first kappa shape index (κ1) is 13.1. The Labute approximate surface area is 109 Å². The molecule has 1 heterocycles. The Balaban J connectivity index is 1.93. The second-order valence-corrected chi connectivity index (χ2v) is 4.24. The van der Waals surface area contributed by atoms with E-state index in [2.05, 4.69) is 5.32 Å². The van der Waals surface area contributed by atoms with Gasteiger partial charge in [-0.05, 0) is 18.6 Å². The molecule has 0 aliphatic carbocycles. The van der Waals surface area contributed by atoms with Gasteiger partial charge in [-0.15, -0.1) is 0 Å². The fraction of sp³-hybridized carbons (Fsp3) is 0.308. The molecule has 100 valence electrons. The van der Waals surface area contributed by atoms with Crippen LogP contribution in [-0.4, -0.2) is 23.0 Å². The summed E-state index contributed by atoms with van der Waals surface area (Å²) in [6, 6.07) is 4.99. The van der Waals surface area contributed by atoms with Crippen molar-refractivity contribution in [2.24, 2.45) is 0 Å². The molecule has 1 amide bonds. The molecule has 0 unspecified atom stereocenters. The van der Waals surface area contributed by atoms with Gasteiger partial charge in [0.25, 0.3) is 0 Å². The van der Waals surface area contributed by atoms with Gasteiger partial charge < -0.3 is 15.2 Å². The maximum Gasteiger partial charge on any atom is 0.338 e. The van der Waals surface area contributed by atoms with Gasteiger partial charge in [0.2, 0.25) is 5.91 Å². The molecule has 1 aromatic carbocycles. The van der Waals surface area contributed by atoms with Crippen LogP contribution in [0.1, 0.15) is 35.2 Å². The number of anilines is 1. The van der Waals surface area contributed by atoms with Gasteiger partial charge >= 0.3 is 11.9 Å². The number of carboxylic acids is 1. The first-order valence-electron chi connectivity index (χ1n) is 5.88. The lowest BCUT2D eigenvalue weighted by Gasteiger charge is -2.05. The van der Waals surface area contributed by atoms with E-state index in [-0.39, 0.29) is 31.8 Å². The second kappa shape index (κ2) is 5.51. The second-order valence-electron chi connectivity index (χ2n) is 4.24. The minimum atomic E-state index is -0.923. The van der Waals surface area contributed by atoms with Crippen molar-refractivity contribution in [3.05, 3.63) is 29.3 Å². The van der Waals surface area contributed by atoms with E-state index in [1.165, 1.54) is 0 Å². The Hall–Kier alpha value is -2.37. The average molecular weight is 263 g/mol. The minimum Gasteiger partial charge on any atom is -0.481 e. The van der Waals surface area contributed by atoms with Crippen molar-refractivity contribution in [2.45, 2.75) is 25.9 Å². The first-order valence-corrected chi connectivity index (χ1v) is 5.88. The molecule has 0 atom stereocenters. The number of hydrogen-bond acceptors (Lipinski definition) is 4.